The summed E-state index contributed by atoms with van der Waals surface area (Å²) in [6.07, 6.45) is -0.129. The molecule has 0 aromatic heterocycles. The molecule has 0 bridgehead atoms. The Morgan fingerprint density at radius 3 is 2.30 bits per heavy atom. The van der Waals surface area contributed by atoms with Gasteiger partial charge in [-0.05, 0) is 24.1 Å². The van der Waals surface area contributed by atoms with Gasteiger partial charge in [0.15, 0.2) is 7.67 Å². The molecule has 2 aromatic carbocycles. The van der Waals surface area contributed by atoms with Gasteiger partial charge in [0.1, 0.15) is 18.3 Å². The van der Waals surface area contributed by atoms with E-state index in [4.69, 9.17) is 4.74 Å². The lowest BCUT2D eigenvalue weighted by Gasteiger charge is -2.46. The molecule has 0 radical (unpaired) electrons. The lowest BCUT2D eigenvalue weighted by Crippen LogP contribution is -2.64. The summed E-state index contributed by atoms with van der Waals surface area (Å²) in [5.74, 6) is -0.663. The first-order valence-corrected chi connectivity index (χ1v) is 11.1. The molecule has 162 valence electrons. The summed E-state index contributed by atoms with van der Waals surface area (Å²) in [4.78, 5) is 35.3. The molecule has 1 aliphatic heterocycles. The van der Waals surface area contributed by atoms with Crippen LogP contribution in [0.5, 0.6) is 0 Å². The van der Waals surface area contributed by atoms with E-state index in [2.05, 4.69) is 16.1 Å². The van der Waals surface area contributed by atoms with E-state index in [-0.39, 0.29) is 19.7 Å². The summed E-state index contributed by atoms with van der Waals surface area (Å²) in [7, 11) is -4.12. The maximum Gasteiger partial charge on any atom is 0.408 e. The number of ether oxygens (including phenoxy) is 1. The van der Waals surface area contributed by atoms with Crippen molar-refractivity contribution in [2.45, 2.75) is 26.0 Å². The zero-order valence-electron chi connectivity index (χ0n) is 16.8. The number of β-lactam (4-membered cyclic amide) rings is 1. The normalized spacial score (nSPS) is 17.1. The summed E-state index contributed by atoms with van der Waals surface area (Å²) in [6.45, 7) is 2.08. The van der Waals surface area contributed by atoms with E-state index < -0.39 is 25.7 Å². The molecule has 1 fully saturated rings. The minimum absolute atomic E-state index is 0.0788. The van der Waals surface area contributed by atoms with E-state index >= 15 is 0 Å². The van der Waals surface area contributed by atoms with Gasteiger partial charge in [0.05, 0.1) is 6.54 Å². The maximum atomic E-state index is 11.8. The predicted molar refractivity (Wildman–Crippen MR) is 110 cm³/mol. The zero-order valence-corrected chi connectivity index (χ0v) is 17.7. The monoisotopic (exact) mass is 434 g/mol. The Kier molecular flexibility index (Phi) is 9.01. The fourth-order valence-corrected chi connectivity index (χ4v) is 3.93. The first kappa shape index (κ1) is 23.6. The van der Waals surface area contributed by atoms with Gasteiger partial charge in [0.2, 0.25) is 0 Å². The minimum Gasteiger partial charge on any atom is -0.771 e. The number of amides is 2. The maximum absolute atomic E-state index is 11.8. The second-order valence-electron chi connectivity index (χ2n) is 6.59. The Bertz CT molecular complexity index is 866. The van der Waals surface area contributed by atoms with E-state index in [1.54, 1.807) is 12.1 Å². The number of alkyl carbamates (subject to hydrolysis) is 1. The van der Waals surface area contributed by atoms with Crippen LogP contribution in [-0.2, 0) is 20.7 Å². The number of hydrogen-bond acceptors (Lipinski definition) is 5. The van der Waals surface area contributed by atoms with Gasteiger partial charge < -0.3 is 20.7 Å². The Morgan fingerprint density at radius 2 is 1.80 bits per heavy atom. The van der Waals surface area contributed by atoms with Crippen LogP contribution in [0.15, 0.2) is 60.7 Å². The molecular formula is C20H27N4O5P. The van der Waals surface area contributed by atoms with Gasteiger partial charge >= 0.3 is 6.09 Å². The summed E-state index contributed by atoms with van der Waals surface area (Å²) >= 11 is 0. The summed E-state index contributed by atoms with van der Waals surface area (Å²) < 4.78 is 17.5. The molecule has 2 atom stereocenters. The average molecular weight is 434 g/mol. The molecule has 2 aromatic rings. The van der Waals surface area contributed by atoms with Crippen LogP contribution in [-0.4, -0.2) is 35.8 Å². The third-order valence-corrected chi connectivity index (χ3v) is 5.75. The van der Waals surface area contributed by atoms with Gasteiger partial charge in [-0.2, -0.15) is 0 Å². The highest BCUT2D eigenvalue weighted by Gasteiger charge is 2.43. The SMILES string of the molecule is CCCNP(=O)([O-])N1C[C@H](NC(=O)OCc2ccccc2)C1=O.[NH3+]c1ccccc1. The highest BCUT2D eigenvalue weighted by Crippen LogP contribution is 2.40. The molecule has 0 aliphatic carbocycles. The molecule has 1 unspecified atom stereocenters. The highest BCUT2D eigenvalue weighted by molar-refractivity contribution is 7.52. The number of rotatable bonds is 7. The van der Waals surface area contributed by atoms with E-state index in [1.807, 2.05) is 55.5 Å². The Morgan fingerprint density at radius 1 is 1.20 bits per heavy atom. The van der Waals surface area contributed by atoms with Crippen molar-refractivity contribution >= 4 is 25.4 Å². The number of nitrogens with one attached hydrogen (secondary N) is 2. The zero-order chi connectivity index (χ0) is 22.0. The topological polar surface area (TPSA) is 138 Å². The van der Waals surface area contributed by atoms with Crippen molar-refractivity contribution in [3.8, 4) is 0 Å². The first-order chi connectivity index (χ1) is 14.3. The van der Waals surface area contributed by atoms with Crippen molar-refractivity contribution in [2.75, 3.05) is 13.1 Å². The molecule has 3 rings (SSSR count). The van der Waals surface area contributed by atoms with Crippen LogP contribution in [0.3, 0.4) is 0 Å². The van der Waals surface area contributed by atoms with E-state index in [9.17, 15) is 19.0 Å². The van der Waals surface area contributed by atoms with Crippen LogP contribution in [0.4, 0.5) is 10.5 Å². The second-order valence-corrected chi connectivity index (χ2v) is 8.43. The molecule has 5 N–H and O–H groups in total. The van der Waals surface area contributed by atoms with Gasteiger partial charge in [-0.3, -0.25) is 19.1 Å². The van der Waals surface area contributed by atoms with E-state index in [0.717, 1.165) is 15.9 Å². The fourth-order valence-electron chi connectivity index (χ4n) is 2.48. The minimum atomic E-state index is -4.12. The number of nitrogens with zero attached hydrogens (tertiary/aromatic N) is 1. The van der Waals surface area contributed by atoms with Crippen molar-refractivity contribution in [3.63, 3.8) is 0 Å². The molecule has 1 aliphatic rings. The smallest absolute Gasteiger partial charge is 0.408 e. The first-order valence-electron chi connectivity index (χ1n) is 9.55. The molecule has 0 spiro atoms. The lowest BCUT2D eigenvalue weighted by atomic mass is 10.2. The van der Waals surface area contributed by atoms with Crippen molar-refractivity contribution < 1.29 is 29.5 Å². The van der Waals surface area contributed by atoms with Crippen LogP contribution >= 0.6 is 7.67 Å². The summed E-state index contributed by atoms with van der Waals surface area (Å²) in [5.41, 5.74) is 5.61. The number of hydrogen-bond donors (Lipinski definition) is 3. The van der Waals surface area contributed by atoms with Crippen molar-refractivity contribution in [1.82, 2.24) is 15.1 Å². The van der Waals surface area contributed by atoms with Crippen LogP contribution in [0.1, 0.15) is 18.9 Å². The van der Waals surface area contributed by atoms with Crippen LogP contribution in [0.25, 0.3) is 0 Å². The Balaban J connectivity index is 0.000000386. The average Bonchev–Trinajstić information content (AvgIpc) is 2.75. The van der Waals surface area contributed by atoms with E-state index in [0.29, 0.717) is 6.42 Å². The van der Waals surface area contributed by atoms with Gasteiger partial charge in [0, 0.05) is 6.54 Å². The number of carbonyl (C=O) groups excluding carboxylic acids is 2. The van der Waals surface area contributed by atoms with E-state index in [1.165, 1.54) is 0 Å². The largest absolute Gasteiger partial charge is 0.771 e. The van der Waals surface area contributed by atoms with Crippen LogP contribution < -0.4 is 21.0 Å². The third-order valence-electron chi connectivity index (χ3n) is 4.14. The number of benzene rings is 2. The third kappa shape index (κ3) is 7.27. The van der Waals surface area contributed by atoms with Crippen molar-refractivity contribution in [3.05, 3.63) is 66.2 Å². The summed E-state index contributed by atoms with van der Waals surface area (Å²) in [6, 6.07) is 18.1. The molecular weight excluding hydrogens is 407 g/mol. The molecule has 0 saturated carbocycles. The molecule has 1 heterocycles. The fraction of sp³-hybridized carbons (Fsp3) is 0.300. The van der Waals surface area contributed by atoms with Crippen LogP contribution in [0, 0.1) is 0 Å². The molecule has 10 heteroatoms. The van der Waals surface area contributed by atoms with Crippen LogP contribution in [0.2, 0.25) is 0 Å². The molecule has 9 nitrogen and oxygen atoms in total. The van der Waals surface area contributed by atoms with Gasteiger partial charge in [0.25, 0.3) is 5.91 Å². The molecule has 2 amide bonds. The van der Waals surface area contributed by atoms with Gasteiger partial charge in [-0.25, -0.2) is 4.79 Å². The Hall–Kier alpha value is -2.71. The highest BCUT2D eigenvalue weighted by atomic mass is 31.2. The second kappa shape index (κ2) is 11.5. The van der Waals surface area contributed by atoms with Gasteiger partial charge in [-0.1, -0.05) is 55.5 Å². The predicted octanol–water partition coefficient (Wildman–Crippen LogP) is 1.15. The standard InChI is InChI=1S/C14H20N3O5P.C6H7N/c1-2-8-15-23(20,21)17-9-12(13(17)18)16-14(19)22-10-11-6-4-3-5-7-11;7-6-4-2-1-3-5-6/h3-7,12H,2,8-10H2,1H3,(H,16,19)(H2,15,20,21);1-5H,7H2/t12-;/m0./s1. The summed E-state index contributed by atoms with van der Waals surface area (Å²) in [5, 5.41) is 4.68. The van der Waals surface area contributed by atoms with Gasteiger partial charge in [-0.15, -0.1) is 0 Å². The Labute approximate surface area is 175 Å². The van der Waals surface area contributed by atoms with Crippen molar-refractivity contribution in [1.29, 1.82) is 0 Å². The molecule has 1 saturated heterocycles. The van der Waals surface area contributed by atoms with Crippen molar-refractivity contribution in [2.24, 2.45) is 0 Å². The quantitative estimate of drug-likeness (QED) is 0.441. The number of carbonyl (C=O) groups is 2. The lowest BCUT2D eigenvalue weighted by molar-refractivity contribution is -0.254. The molecule has 30 heavy (non-hydrogen) atoms. The number of quaternary nitrogens is 1.